The van der Waals surface area contributed by atoms with Crippen LogP contribution < -0.4 is 5.32 Å². The summed E-state index contributed by atoms with van der Waals surface area (Å²) >= 11 is 1.37. The monoisotopic (exact) mass is 417 g/mol. The van der Waals surface area contributed by atoms with Crippen molar-refractivity contribution in [3.8, 4) is 0 Å². The Balaban J connectivity index is 1.94. The number of aryl methyl sites for hydroxylation is 2. The van der Waals surface area contributed by atoms with Crippen molar-refractivity contribution >= 4 is 34.0 Å². The maximum atomic E-state index is 12.8. The first-order valence-electron chi connectivity index (χ1n) is 9.81. The standard InChI is InChI=1S/C21H27N3O4S/c1-10(2)28-21(27)17-14-8-7-11(3)9-15(14)29-20(17)22-19(26)18(25)16-12(4)23-24(6)13(16)5/h10-11H,7-9H2,1-6H3,(H,22,26)/t11-/m0/s1. The molecule has 1 amide bonds. The summed E-state index contributed by atoms with van der Waals surface area (Å²) in [4.78, 5) is 39.4. The highest BCUT2D eigenvalue weighted by molar-refractivity contribution is 7.17. The molecule has 156 valence electrons. The van der Waals surface area contributed by atoms with Gasteiger partial charge in [-0.3, -0.25) is 14.3 Å². The van der Waals surface area contributed by atoms with Crippen molar-refractivity contribution in [2.24, 2.45) is 13.0 Å². The highest BCUT2D eigenvalue weighted by atomic mass is 32.1. The number of carbonyl (C=O) groups is 3. The van der Waals surface area contributed by atoms with Crippen LogP contribution in [-0.2, 0) is 29.4 Å². The van der Waals surface area contributed by atoms with Gasteiger partial charge in [0.25, 0.3) is 11.7 Å². The molecule has 2 aromatic rings. The van der Waals surface area contributed by atoms with Gasteiger partial charge in [-0.1, -0.05) is 6.92 Å². The minimum Gasteiger partial charge on any atom is -0.459 e. The van der Waals surface area contributed by atoms with Crippen LogP contribution in [0.2, 0.25) is 0 Å². The quantitative estimate of drug-likeness (QED) is 0.456. The molecule has 8 heteroatoms. The third-order valence-electron chi connectivity index (χ3n) is 5.23. The van der Waals surface area contributed by atoms with Crippen LogP contribution in [0.15, 0.2) is 0 Å². The van der Waals surface area contributed by atoms with E-state index in [-0.39, 0.29) is 6.10 Å². The number of nitrogens with zero attached hydrogens (tertiary/aromatic N) is 2. The molecular weight excluding hydrogens is 390 g/mol. The average molecular weight is 418 g/mol. The summed E-state index contributed by atoms with van der Waals surface area (Å²) in [6.45, 7) is 9.19. The third kappa shape index (κ3) is 4.12. The summed E-state index contributed by atoms with van der Waals surface area (Å²) in [5.74, 6) is -1.37. The zero-order valence-electron chi connectivity index (χ0n) is 17.7. The predicted molar refractivity (Wildman–Crippen MR) is 112 cm³/mol. The minimum absolute atomic E-state index is 0.272. The van der Waals surface area contributed by atoms with Gasteiger partial charge in [-0.15, -0.1) is 11.3 Å². The maximum absolute atomic E-state index is 12.8. The second kappa shape index (κ2) is 8.10. The lowest BCUT2D eigenvalue weighted by Gasteiger charge is -2.18. The first-order valence-corrected chi connectivity index (χ1v) is 10.6. The molecule has 2 aromatic heterocycles. The number of nitrogens with one attached hydrogen (secondary N) is 1. The number of Topliss-reactive ketones (excluding diaryl/α,β-unsaturated/α-hetero) is 1. The first-order chi connectivity index (χ1) is 13.6. The van der Waals surface area contributed by atoms with Gasteiger partial charge in [0, 0.05) is 17.6 Å². The molecule has 0 aromatic carbocycles. The second-order valence-electron chi connectivity index (χ2n) is 7.96. The predicted octanol–water partition coefficient (Wildman–Crippen LogP) is 3.61. The Morgan fingerprint density at radius 2 is 1.93 bits per heavy atom. The maximum Gasteiger partial charge on any atom is 0.341 e. The number of hydrogen-bond acceptors (Lipinski definition) is 6. The zero-order valence-corrected chi connectivity index (χ0v) is 18.5. The molecule has 1 aliphatic carbocycles. The number of ketones is 1. The Kier molecular flexibility index (Phi) is 5.93. The van der Waals surface area contributed by atoms with Crippen LogP contribution in [0.25, 0.3) is 0 Å². The molecule has 0 aliphatic heterocycles. The van der Waals surface area contributed by atoms with Gasteiger partial charge in [0.05, 0.1) is 22.9 Å². The van der Waals surface area contributed by atoms with Crippen LogP contribution in [0.4, 0.5) is 5.00 Å². The van der Waals surface area contributed by atoms with Crippen molar-refractivity contribution < 1.29 is 19.1 Å². The van der Waals surface area contributed by atoms with Crippen molar-refractivity contribution in [1.29, 1.82) is 0 Å². The number of carbonyl (C=O) groups excluding carboxylic acids is 3. The third-order valence-corrected chi connectivity index (χ3v) is 6.40. The molecule has 1 N–H and O–H groups in total. The Labute approximate surface area is 174 Å². The number of amides is 1. The lowest BCUT2D eigenvalue weighted by molar-refractivity contribution is -0.112. The van der Waals surface area contributed by atoms with Crippen molar-refractivity contribution in [3.63, 3.8) is 0 Å². The Morgan fingerprint density at radius 1 is 1.24 bits per heavy atom. The van der Waals surface area contributed by atoms with Crippen LogP contribution in [0.5, 0.6) is 0 Å². The van der Waals surface area contributed by atoms with Gasteiger partial charge in [0.1, 0.15) is 5.00 Å². The van der Waals surface area contributed by atoms with E-state index in [1.54, 1.807) is 39.4 Å². The van der Waals surface area contributed by atoms with E-state index in [0.29, 0.717) is 33.4 Å². The molecular formula is C21H27N3O4S. The van der Waals surface area contributed by atoms with Crippen LogP contribution >= 0.6 is 11.3 Å². The fourth-order valence-corrected chi connectivity index (χ4v) is 5.10. The Morgan fingerprint density at radius 3 is 2.52 bits per heavy atom. The van der Waals surface area contributed by atoms with E-state index in [4.69, 9.17) is 4.74 Å². The van der Waals surface area contributed by atoms with Crippen LogP contribution in [0.1, 0.15) is 69.7 Å². The van der Waals surface area contributed by atoms with E-state index in [0.717, 1.165) is 29.7 Å². The molecule has 0 radical (unpaired) electrons. The molecule has 0 spiro atoms. The number of anilines is 1. The number of fused-ring (bicyclic) bond motifs is 1. The number of aromatic nitrogens is 2. The number of esters is 1. The topological polar surface area (TPSA) is 90.3 Å². The van der Waals surface area contributed by atoms with Crippen LogP contribution in [0.3, 0.4) is 0 Å². The second-order valence-corrected chi connectivity index (χ2v) is 9.07. The summed E-state index contributed by atoms with van der Waals surface area (Å²) in [5, 5.41) is 7.29. The largest absolute Gasteiger partial charge is 0.459 e. The van der Waals surface area contributed by atoms with E-state index in [2.05, 4.69) is 17.3 Å². The van der Waals surface area contributed by atoms with Gasteiger partial charge in [-0.2, -0.15) is 5.10 Å². The first kappa shape index (κ1) is 21.2. The normalized spacial score (nSPS) is 15.9. The van der Waals surface area contributed by atoms with Crippen molar-refractivity contribution in [2.75, 3.05) is 5.32 Å². The fourth-order valence-electron chi connectivity index (χ4n) is 3.70. The molecule has 0 bridgehead atoms. The van der Waals surface area contributed by atoms with Gasteiger partial charge in [-0.05, 0) is 58.4 Å². The SMILES string of the molecule is Cc1nn(C)c(C)c1C(=O)C(=O)Nc1sc2c(c1C(=O)OC(C)C)CC[C@H](C)C2. The van der Waals surface area contributed by atoms with Crippen molar-refractivity contribution in [3.05, 3.63) is 33.0 Å². The summed E-state index contributed by atoms with van der Waals surface area (Å²) in [6.07, 6.45) is 2.32. The Hall–Kier alpha value is -2.48. The van der Waals surface area contributed by atoms with Crippen molar-refractivity contribution in [1.82, 2.24) is 9.78 Å². The summed E-state index contributed by atoms with van der Waals surface area (Å²) in [6, 6.07) is 0. The highest BCUT2D eigenvalue weighted by Crippen LogP contribution is 2.40. The number of ether oxygens (including phenoxy) is 1. The van der Waals surface area contributed by atoms with E-state index < -0.39 is 17.7 Å². The zero-order chi connectivity index (χ0) is 21.5. The van der Waals surface area contributed by atoms with Gasteiger partial charge in [-0.25, -0.2) is 4.79 Å². The Bertz CT molecular complexity index is 987. The molecule has 1 aliphatic rings. The van der Waals surface area contributed by atoms with E-state index in [1.807, 2.05) is 0 Å². The van der Waals surface area contributed by atoms with Gasteiger partial charge >= 0.3 is 5.97 Å². The van der Waals surface area contributed by atoms with Crippen LogP contribution in [-0.4, -0.2) is 33.5 Å². The number of rotatable bonds is 5. The average Bonchev–Trinajstić information content (AvgIpc) is 3.09. The molecule has 0 unspecified atom stereocenters. The van der Waals surface area contributed by atoms with E-state index in [9.17, 15) is 14.4 Å². The molecule has 0 saturated heterocycles. The van der Waals surface area contributed by atoms with Gasteiger partial charge in [0.2, 0.25) is 0 Å². The summed E-state index contributed by atoms with van der Waals surface area (Å²) < 4.78 is 6.99. The molecule has 0 saturated carbocycles. The lowest BCUT2D eigenvalue weighted by atomic mass is 9.88. The van der Waals surface area contributed by atoms with E-state index >= 15 is 0 Å². The summed E-state index contributed by atoms with van der Waals surface area (Å²) in [7, 11) is 1.73. The molecule has 1 atom stereocenters. The molecule has 0 fully saturated rings. The molecule has 3 rings (SSSR count). The van der Waals surface area contributed by atoms with Gasteiger partial charge < -0.3 is 10.1 Å². The number of thiophene rings is 1. The van der Waals surface area contributed by atoms with E-state index in [1.165, 1.54) is 11.3 Å². The smallest absolute Gasteiger partial charge is 0.341 e. The van der Waals surface area contributed by atoms with Gasteiger partial charge in [0.15, 0.2) is 0 Å². The van der Waals surface area contributed by atoms with Crippen LogP contribution in [0, 0.1) is 19.8 Å². The molecule has 2 heterocycles. The molecule has 7 nitrogen and oxygen atoms in total. The fraction of sp³-hybridized carbons (Fsp3) is 0.524. The van der Waals surface area contributed by atoms with Crippen molar-refractivity contribution in [2.45, 2.75) is 60.0 Å². The highest BCUT2D eigenvalue weighted by Gasteiger charge is 2.31. The minimum atomic E-state index is -0.769. The lowest BCUT2D eigenvalue weighted by Crippen LogP contribution is -2.25. The molecule has 29 heavy (non-hydrogen) atoms. The summed E-state index contributed by atoms with van der Waals surface area (Å²) in [5.41, 5.74) is 2.76. The number of hydrogen-bond donors (Lipinski definition) is 1.